The topological polar surface area (TPSA) is 49.3 Å². The third-order valence-corrected chi connectivity index (χ3v) is 4.85. The quantitative estimate of drug-likeness (QED) is 0.857. The van der Waals surface area contributed by atoms with Crippen molar-refractivity contribution in [3.8, 4) is 0 Å². The van der Waals surface area contributed by atoms with Crippen LogP contribution in [0.3, 0.4) is 0 Å². The molecule has 0 saturated heterocycles. The molecular formula is C20H23NO2. The average molecular weight is 309 g/mol. The first-order valence-corrected chi connectivity index (χ1v) is 8.14. The standard InChI is InChI=1S/C20H23NO2/c1-4-13-7-5-6-8-15(13)18-12-20(2,3)16-11-14(19(22)23)9-10-17(16)21-18/h5-11,18,21H,4,12H2,1-3H3,(H,22,23). The molecule has 0 fully saturated rings. The molecule has 3 nitrogen and oxygen atoms in total. The Kier molecular flexibility index (Phi) is 3.88. The van der Waals surface area contributed by atoms with Gasteiger partial charge in [-0.25, -0.2) is 4.79 Å². The van der Waals surface area contributed by atoms with E-state index in [9.17, 15) is 9.90 Å². The van der Waals surface area contributed by atoms with E-state index in [1.807, 2.05) is 12.1 Å². The molecule has 120 valence electrons. The van der Waals surface area contributed by atoms with Gasteiger partial charge in [0, 0.05) is 5.69 Å². The van der Waals surface area contributed by atoms with Crippen molar-refractivity contribution >= 4 is 11.7 Å². The molecule has 3 rings (SSSR count). The van der Waals surface area contributed by atoms with Crippen LogP contribution in [0.4, 0.5) is 5.69 Å². The molecule has 0 saturated carbocycles. The van der Waals surface area contributed by atoms with Gasteiger partial charge in [0.1, 0.15) is 0 Å². The van der Waals surface area contributed by atoms with Gasteiger partial charge in [-0.15, -0.1) is 0 Å². The predicted octanol–water partition coefficient (Wildman–Crippen LogP) is 4.78. The second-order valence-corrected chi connectivity index (χ2v) is 6.90. The molecule has 2 N–H and O–H groups in total. The molecule has 2 aromatic carbocycles. The number of anilines is 1. The number of nitrogens with one attached hydrogen (secondary N) is 1. The number of carbonyl (C=O) groups is 1. The highest BCUT2D eigenvalue weighted by Crippen LogP contribution is 2.44. The van der Waals surface area contributed by atoms with Gasteiger partial charge in [-0.2, -0.15) is 0 Å². The van der Waals surface area contributed by atoms with Crippen molar-refractivity contribution in [3.05, 3.63) is 64.7 Å². The van der Waals surface area contributed by atoms with E-state index in [1.54, 1.807) is 6.07 Å². The number of fused-ring (bicyclic) bond motifs is 1. The summed E-state index contributed by atoms with van der Waals surface area (Å²) in [5, 5.41) is 12.9. The van der Waals surface area contributed by atoms with Crippen LogP contribution in [-0.2, 0) is 11.8 Å². The first kappa shape index (κ1) is 15.6. The minimum atomic E-state index is -0.873. The van der Waals surface area contributed by atoms with Crippen molar-refractivity contribution in [1.82, 2.24) is 0 Å². The third-order valence-electron chi connectivity index (χ3n) is 4.85. The van der Waals surface area contributed by atoms with Gasteiger partial charge in [-0.3, -0.25) is 0 Å². The van der Waals surface area contributed by atoms with E-state index in [0.717, 1.165) is 24.1 Å². The Balaban J connectivity index is 2.03. The largest absolute Gasteiger partial charge is 0.478 e. The number of benzene rings is 2. The maximum Gasteiger partial charge on any atom is 0.335 e. The van der Waals surface area contributed by atoms with Gasteiger partial charge in [0.15, 0.2) is 0 Å². The lowest BCUT2D eigenvalue weighted by molar-refractivity contribution is 0.0696. The zero-order valence-corrected chi connectivity index (χ0v) is 13.9. The van der Waals surface area contributed by atoms with E-state index in [-0.39, 0.29) is 11.5 Å². The molecular weight excluding hydrogens is 286 g/mol. The highest BCUT2D eigenvalue weighted by Gasteiger charge is 2.34. The second-order valence-electron chi connectivity index (χ2n) is 6.90. The summed E-state index contributed by atoms with van der Waals surface area (Å²) >= 11 is 0. The van der Waals surface area contributed by atoms with Crippen LogP contribution in [0.1, 0.15) is 60.3 Å². The van der Waals surface area contributed by atoms with Crippen LogP contribution in [0.25, 0.3) is 0 Å². The Morgan fingerprint density at radius 2 is 2.00 bits per heavy atom. The lowest BCUT2D eigenvalue weighted by Crippen LogP contribution is -2.32. The Morgan fingerprint density at radius 3 is 2.70 bits per heavy atom. The predicted molar refractivity (Wildman–Crippen MR) is 93.2 cm³/mol. The van der Waals surface area contributed by atoms with Gasteiger partial charge >= 0.3 is 5.97 Å². The van der Waals surface area contributed by atoms with Gasteiger partial charge in [-0.1, -0.05) is 45.0 Å². The summed E-state index contributed by atoms with van der Waals surface area (Å²) in [5.74, 6) is -0.873. The first-order chi connectivity index (χ1) is 10.9. The highest BCUT2D eigenvalue weighted by atomic mass is 16.4. The fourth-order valence-electron chi connectivity index (χ4n) is 3.61. The van der Waals surface area contributed by atoms with E-state index in [0.29, 0.717) is 5.56 Å². The summed E-state index contributed by atoms with van der Waals surface area (Å²) < 4.78 is 0. The van der Waals surface area contributed by atoms with Gasteiger partial charge in [-0.05, 0) is 53.1 Å². The fourth-order valence-corrected chi connectivity index (χ4v) is 3.61. The number of carboxylic acid groups (broad SMARTS) is 1. The maximum atomic E-state index is 11.2. The van der Waals surface area contributed by atoms with Gasteiger partial charge in [0.2, 0.25) is 0 Å². The molecule has 0 radical (unpaired) electrons. The van der Waals surface area contributed by atoms with Gasteiger partial charge in [0.05, 0.1) is 11.6 Å². The van der Waals surface area contributed by atoms with Gasteiger partial charge in [0.25, 0.3) is 0 Å². The Hall–Kier alpha value is -2.29. The summed E-state index contributed by atoms with van der Waals surface area (Å²) in [4.78, 5) is 11.2. The van der Waals surface area contributed by atoms with E-state index in [1.165, 1.54) is 11.1 Å². The normalized spacial score (nSPS) is 18.8. The molecule has 0 aromatic heterocycles. The minimum Gasteiger partial charge on any atom is -0.478 e. The van der Waals surface area contributed by atoms with Crippen LogP contribution in [0, 0.1) is 0 Å². The molecule has 1 aliphatic heterocycles. The van der Waals surface area contributed by atoms with Crippen molar-refractivity contribution in [2.75, 3.05) is 5.32 Å². The number of aromatic carboxylic acids is 1. The van der Waals surface area contributed by atoms with Crippen LogP contribution < -0.4 is 5.32 Å². The molecule has 1 unspecified atom stereocenters. The highest BCUT2D eigenvalue weighted by molar-refractivity contribution is 5.89. The van der Waals surface area contributed by atoms with E-state index < -0.39 is 5.97 Å². The third kappa shape index (κ3) is 2.83. The molecule has 0 aliphatic carbocycles. The zero-order valence-electron chi connectivity index (χ0n) is 13.9. The fraction of sp³-hybridized carbons (Fsp3) is 0.350. The lowest BCUT2D eigenvalue weighted by Gasteiger charge is -2.39. The molecule has 0 amide bonds. The molecule has 0 bridgehead atoms. The van der Waals surface area contributed by atoms with Crippen molar-refractivity contribution in [1.29, 1.82) is 0 Å². The van der Waals surface area contributed by atoms with Crippen molar-refractivity contribution in [2.24, 2.45) is 0 Å². The zero-order chi connectivity index (χ0) is 16.6. The molecule has 1 atom stereocenters. The van der Waals surface area contributed by atoms with Crippen molar-refractivity contribution in [2.45, 2.75) is 45.1 Å². The van der Waals surface area contributed by atoms with Crippen LogP contribution >= 0.6 is 0 Å². The Bertz CT molecular complexity index is 749. The minimum absolute atomic E-state index is 0.0719. The van der Waals surface area contributed by atoms with Crippen LogP contribution in [-0.4, -0.2) is 11.1 Å². The lowest BCUT2D eigenvalue weighted by atomic mass is 9.73. The smallest absolute Gasteiger partial charge is 0.335 e. The molecule has 3 heteroatoms. The Morgan fingerprint density at radius 1 is 1.26 bits per heavy atom. The van der Waals surface area contributed by atoms with Crippen molar-refractivity contribution < 1.29 is 9.90 Å². The SMILES string of the molecule is CCc1ccccc1C1CC(C)(C)c2cc(C(=O)O)ccc2N1. The number of aryl methyl sites for hydroxylation is 1. The summed E-state index contributed by atoms with van der Waals surface area (Å²) in [6.07, 6.45) is 1.96. The number of hydrogen-bond acceptors (Lipinski definition) is 2. The van der Waals surface area contributed by atoms with E-state index >= 15 is 0 Å². The van der Waals surface area contributed by atoms with Crippen LogP contribution in [0.5, 0.6) is 0 Å². The number of rotatable bonds is 3. The monoisotopic (exact) mass is 309 g/mol. The molecule has 1 heterocycles. The Labute approximate surface area is 137 Å². The molecule has 1 aliphatic rings. The van der Waals surface area contributed by atoms with Crippen LogP contribution in [0.15, 0.2) is 42.5 Å². The second kappa shape index (κ2) is 5.73. The molecule has 0 spiro atoms. The average Bonchev–Trinajstić information content (AvgIpc) is 2.53. The summed E-state index contributed by atoms with van der Waals surface area (Å²) in [5.41, 5.74) is 5.12. The summed E-state index contributed by atoms with van der Waals surface area (Å²) in [7, 11) is 0. The van der Waals surface area contributed by atoms with Crippen molar-refractivity contribution in [3.63, 3.8) is 0 Å². The number of hydrogen-bond donors (Lipinski definition) is 2. The number of carboxylic acids is 1. The van der Waals surface area contributed by atoms with E-state index in [2.05, 4.69) is 50.4 Å². The summed E-state index contributed by atoms with van der Waals surface area (Å²) in [6.45, 7) is 6.57. The molecule has 23 heavy (non-hydrogen) atoms. The van der Waals surface area contributed by atoms with E-state index in [4.69, 9.17) is 0 Å². The molecule has 2 aromatic rings. The van der Waals surface area contributed by atoms with Gasteiger partial charge < -0.3 is 10.4 Å². The van der Waals surface area contributed by atoms with Crippen LogP contribution in [0.2, 0.25) is 0 Å². The summed E-state index contributed by atoms with van der Waals surface area (Å²) in [6, 6.07) is 14.2. The maximum absolute atomic E-state index is 11.2. The first-order valence-electron chi connectivity index (χ1n) is 8.14.